The Morgan fingerprint density at radius 3 is 2.45 bits per heavy atom. The molecule has 5 saturated carbocycles. The summed E-state index contributed by atoms with van der Waals surface area (Å²) in [7, 11) is 0. The van der Waals surface area contributed by atoms with Crippen molar-refractivity contribution in [3.05, 3.63) is 53.1 Å². The summed E-state index contributed by atoms with van der Waals surface area (Å²) in [5.74, 6) is 2.24. The first-order valence-electron chi connectivity index (χ1n) is 17.3. The van der Waals surface area contributed by atoms with E-state index in [1.54, 1.807) is 23.8 Å². The molecule has 0 aromatic heterocycles. The maximum absolute atomic E-state index is 10.9. The minimum Gasteiger partial charge on any atom is -0.504 e. The van der Waals surface area contributed by atoms with Crippen LogP contribution in [-0.2, 0) is 4.74 Å². The third-order valence-electron chi connectivity index (χ3n) is 15.1. The number of phenols is 2. The summed E-state index contributed by atoms with van der Waals surface area (Å²) in [4.78, 5) is 0. The molecule has 0 bridgehead atoms. The molecule has 6 aliphatic rings. The van der Waals surface area contributed by atoms with Crippen LogP contribution in [0.3, 0.4) is 0 Å². The molecule has 7 rings (SSSR count). The molecule has 5 nitrogen and oxygen atoms in total. The topological polar surface area (TPSA) is 90.2 Å². The van der Waals surface area contributed by atoms with Gasteiger partial charge >= 0.3 is 0 Å². The number of aliphatic hydroxyl groups excluding tert-OH is 2. The Kier molecular flexibility index (Phi) is 6.92. The van der Waals surface area contributed by atoms with Crippen LogP contribution in [0.25, 0.3) is 6.08 Å². The molecule has 240 valence electrons. The zero-order chi connectivity index (χ0) is 31.4. The normalized spacial score (nSPS) is 44.3. The van der Waals surface area contributed by atoms with Crippen molar-refractivity contribution < 1.29 is 25.2 Å². The van der Waals surface area contributed by atoms with Crippen LogP contribution in [0, 0.1) is 50.7 Å². The number of hydrogen-bond acceptors (Lipinski definition) is 5. The Balaban J connectivity index is 1.13. The molecule has 0 heterocycles. The number of rotatable bonds is 6. The number of aliphatic hydroxyl groups is 2. The first kappa shape index (κ1) is 30.6. The Morgan fingerprint density at radius 1 is 0.977 bits per heavy atom. The smallest absolute Gasteiger partial charge is 0.174 e. The average molecular weight is 603 g/mol. The summed E-state index contributed by atoms with van der Waals surface area (Å²) in [5.41, 5.74) is 6.03. The Morgan fingerprint density at radius 2 is 1.75 bits per heavy atom. The second-order valence-electron chi connectivity index (χ2n) is 16.7. The molecule has 4 N–H and O–H groups in total. The maximum atomic E-state index is 10.9. The van der Waals surface area contributed by atoms with Crippen LogP contribution in [0.2, 0.25) is 0 Å². The fourth-order valence-electron chi connectivity index (χ4n) is 13.3. The predicted octanol–water partition coefficient (Wildman–Crippen LogP) is 8.14. The van der Waals surface area contributed by atoms with Gasteiger partial charge in [-0.3, -0.25) is 0 Å². The lowest BCUT2D eigenvalue weighted by Crippen LogP contribution is -2.60. The van der Waals surface area contributed by atoms with E-state index in [0.717, 1.165) is 38.0 Å². The van der Waals surface area contributed by atoms with E-state index < -0.39 is 6.29 Å². The quantitative estimate of drug-likeness (QED) is 0.195. The van der Waals surface area contributed by atoms with Gasteiger partial charge in [0.2, 0.25) is 0 Å². The lowest BCUT2D eigenvalue weighted by atomic mass is 9.40. The highest BCUT2D eigenvalue weighted by Crippen LogP contribution is 2.90. The van der Waals surface area contributed by atoms with Gasteiger partial charge in [0.15, 0.2) is 17.8 Å². The molecule has 44 heavy (non-hydrogen) atoms. The van der Waals surface area contributed by atoms with E-state index in [9.17, 15) is 20.4 Å². The van der Waals surface area contributed by atoms with Gasteiger partial charge in [0.05, 0.1) is 12.7 Å². The van der Waals surface area contributed by atoms with E-state index in [-0.39, 0.29) is 33.8 Å². The molecular formula is C39H54O5. The standard InChI is InChI=1S/C39H54O5/c1-23(2)26-13-17-37(22-40)19-20-38-24(3)39(38)18-14-30-35(4,5)32(15-16-36(30,6)31(39)11-9-27(38)34(26)37)44-33(43)12-8-25-7-10-28(41)29(42)21-25/h7-8,10,12,21,24,27,30-33,40-43H,1,9,11,13-20,22H2,2-6H3/b12-8+/t24-,27?,30?,31?,32?,33?,36+,37?,38-,39+/m1/s1. The minimum absolute atomic E-state index is 0.00299. The number of hydrogen-bond donors (Lipinski definition) is 4. The van der Waals surface area contributed by atoms with Crippen molar-refractivity contribution in [3.63, 3.8) is 0 Å². The van der Waals surface area contributed by atoms with E-state index in [2.05, 4.69) is 41.2 Å². The SMILES string of the molecule is C=C(C)C1=C2C3CCC4[C@@]5(C)CCC(OC(O)/C=C/c6ccc(O)c(O)c6)C(C)(C)C5CC[C@]45[C@H](C)[C@]35CCC2(CO)CC1. The fourth-order valence-corrected chi connectivity index (χ4v) is 13.3. The van der Waals surface area contributed by atoms with E-state index in [0.29, 0.717) is 40.8 Å². The predicted molar refractivity (Wildman–Crippen MR) is 174 cm³/mol. The lowest BCUT2D eigenvalue weighted by Gasteiger charge is -2.65. The van der Waals surface area contributed by atoms with Gasteiger partial charge in [0.25, 0.3) is 0 Å². The van der Waals surface area contributed by atoms with Crippen LogP contribution >= 0.6 is 0 Å². The summed E-state index contributed by atoms with van der Waals surface area (Å²) >= 11 is 0. The van der Waals surface area contributed by atoms with Gasteiger partial charge in [-0.15, -0.1) is 0 Å². The van der Waals surface area contributed by atoms with Crippen LogP contribution in [0.4, 0.5) is 0 Å². The maximum Gasteiger partial charge on any atom is 0.174 e. The fraction of sp³-hybridized carbons (Fsp3) is 0.692. The summed E-state index contributed by atoms with van der Waals surface area (Å²) in [5, 5.41) is 41.1. The van der Waals surface area contributed by atoms with E-state index in [1.165, 1.54) is 55.4 Å². The largest absolute Gasteiger partial charge is 0.504 e. The third-order valence-corrected chi connectivity index (χ3v) is 15.1. The Bertz CT molecular complexity index is 1420. The van der Waals surface area contributed by atoms with Crippen molar-refractivity contribution in [2.24, 2.45) is 50.7 Å². The molecular weight excluding hydrogens is 548 g/mol. The van der Waals surface area contributed by atoms with E-state index in [4.69, 9.17) is 4.74 Å². The van der Waals surface area contributed by atoms with Crippen molar-refractivity contribution in [2.45, 2.75) is 111 Å². The van der Waals surface area contributed by atoms with Crippen LogP contribution in [-0.4, -0.2) is 39.4 Å². The zero-order valence-electron chi connectivity index (χ0n) is 27.5. The van der Waals surface area contributed by atoms with Crippen molar-refractivity contribution in [2.75, 3.05) is 6.61 Å². The number of ether oxygens (including phenoxy) is 1. The second kappa shape index (κ2) is 9.96. The van der Waals surface area contributed by atoms with Gasteiger partial charge in [-0.05, 0) is 146 Å². The molecule has 0 saturated heterocycles. The minimum atomic E-state index is -1.03. The lowest BCUT2D eigenvalue weighted by molar-refractivity contribution is -0.219. The third kappa shape index (κ3) is 3.81. The van der Waals surface area contributed by atoms with Crippen LogP contribution in [0.15, 0.2) is 47.6 Å². The average Bonchev–Trinajstić information content (AvgIpc) is 3.28. The monoisotopic (exact) mass is 602 g/mol. The highest BCUT2D eigenvalue weighted by Gasteiger charge is 2.84. The molecule has 5 heteroatoms. The molecule has 6 aliphatic carbocycles. The number of allylic oxidation sites excluding steroid dienone is 2. The molecule has 0 amide bonds. The number of benzene rings is 1. The summed E-state index contributed by atoms with van der Waals surface area (Å²) in [6, 6.07) is 4.62. The number of aromatic hydroxyl groups is 2. The number of fused-ring (bicyclic) bond motifs is 4. The molecule has 1 aromatic carbocycles. The van der Waals surface area contributed by atoms with Crippen molar-refractivity contribution >= 4 is 6.08 Å². The number of phenolic OH excluding ortho intramolecular Hbond substituents is 2. The Hall–Kier alpha value is -2.08. The van der Waals surface area contributed by atoms with Gasteiger partial charge in [0, 0.05) is 5.41 Å². The molecule has 10 atom stereocenters. The molecule has 6 unspecified atom stereocenters. The molecule has 2 spiro atoms. The van der Waals surface area contributed by atoms with Crippen LogP contribution in [0.1, 0.15) is 104 Å². The zero-order valence-corrected chi connectivity index (χ0v) is 27.5. The second-order valence-corrected chi connectivity index (χ2v) is 16.7. The molecule has 5 fully saturated rings. The van der Waals surface area contributed by atoms with Crippen LogP contribution < -0.4 is 0 Å². The highest BCUT2D eigenvalue weighted by molar-refractivity contribution is 5.55. The summed E-state index contributed by atoms with van der Waals surface area (Å²) < 4.78 is 6.38. The van der Waals surface area contributed by atoms with E-state index in [1.807, 2.05) is 0 Å². The van der Waals surface area contributed by atoms with E-state index >= 15 is 0 Å². The highest BCUT2D eigenvalue weighted by atomic mass is 16.6. The van der Waals surface area contributed by atoms with Crippen molar-refractivity contribution in [3.8, 4) is 11.5 Å². The Labute approximate surface area is 264 Å². The molecule has 0 aliphatic heterocycles. The van der Waals surface area contributed by atoms with Gasteiger partial charge < -0.3 is 25.2 Å². The van der Waals surface area contributed by atoms with Crippen molar-refractivity contribution in [1.29, 1.82) is 0 Å². The van der Waals surface area contributed by atoms with Gasteiger partial charge in [-0.1, -0.05) is 57.6 Å². The van der Waals surface area contributed by atoms with Crippen LogP contribution in [0.5, 0.6) is 11.5 Å². The molecule has 1 aromatic rings. The van der Waals surface area contributed by atoms with Crippen molar-refractivity contribution in [1.82, 2.24) is 0 Å². The first-order valence-corrected chi connectivity index (χ1v) is 17.3. The summed E-state index contributed by atoms with van der Waals surface area (Å²) in [6.07, 6.45) is 14.0. The van der Waals surface area contributed by atoms with Gasteiger partial charge in [-0.25, -0.2) is 0 Å². The first-order chi connectivity index (χ1) is 20.8. The van der Waals surface area contributed by atoms with Gasteiger partial charge in [-0.2, -0.15) is 0 Å². The summed E-state index contributed by atoms with van der Waals surface area (Å²) in [6.45, 7) is 16.9. The van der Waals surface area contributed by atoms with Gasteiger partial charge in [0.1, 0.15) is 0 Å². The molecule has 0 radical (unpaired) electrons.